The topological polar surface area (TPSA) is 79.3 Å². The molecule has 0 aliphatic carbocycles. The van der Waals surface area contributed by atoms with Crippen molar-refractivity contribution >= 4 is 50.3 Å². The number of aryl methyl sites for hydroxylation is 2. The highest BCUT2D eigenvalue weighted by Gasteiger charge is 2.42. The van der Waals surface area contributed by atoms with E-state index in [0.717, 1.165) is 45.8 Å². The molecule has 1 aliphatic rings. The van der Waals surface area contributed by atoms with Crippen LogP contribution in [0.2, 0.25) is 5.02 Å². The number of sulfonamides is 1. The Morgan fingerprint density at radius 3 is 2.34 bits per heavy atom. The van der Waals surface area contributed by atoms with Crippen molar-refractivity contribution in [1.29, 1.82) is 0 Å². The molecule has 38 heavy (non-hydrogen) atoms. The largest absolute Gasteiger partial charge is 0.351 e. The molecule has 2 atom stereocenters. The van der Waals surface area contributed by atoms with Crippen molar-refractivity contribution in [3.8, 4) is 5.69 Å². The van der Waals surface area contributed by atoms with Gasteiger partial charge < -0.3 is 14.8 Å². The minimum Gasteiger partial charge on any atom is -0.351 e. The zero-order valence-corrected chi connectivity index (χ0v) is 23.8. The van der Waals surface area contributed by atoms with Crippen LogP contribution in [0.3, 0.4) is 0 Å². The Hall–Kier alpha value is -3.40. The molecule has 4 aromatic rings. The molecule has 10 heteroatoms. The van der Waals surface area contributed by atoms with E-state index in [1.54, 1.807) is 12.3 Å². The van der Waals surface area contributed by atoms with Crippen molar-refractivity contribution in [2.45, 2.75) is 32.9 Å². The summed E-state index contributed by atoms with van der Waals surface area (Å²) in [5.41, 5.74) is 7.37. The first-order valence-corrected chi connectivity index (χ1v) is 14.7. The van der Waals surface area contributed by atoms with Crippen LogP contribution < -0.4 is 14.9 Å². The molecule has 196 valence electrons. The van der Waals surface area contributed by atoms with Crippen LogP contribution >= 0.6 is 23.8 Å². The quantitative estimate of drug-likeness (QED) is 0.279. The van der Waals surface area contributed by atoms with Gasteiger partial charge in [-0.1, -0.05) is 17.7 Å². The van der Waals surface area contributed by atoms with Crippen LogP contribution in [0.4, 0.5) is 11.4 Å². The summed E-state index contributed by atoms with van der Waals surface area (Å²) >= 11 is 12.0. The lowest BCUT2D eigenvalue weighted by atomic mass is 9.96. The van der Waals surface area contributed by atoms with Crippen molar-refractivity contribution < 1.29 is 8.42 Å². The first kappa shape index (κ1) is 26.2. The van der Waals surface area contributed by atoms with Crippen LogP contribution in [0.1, 0.15) is 40.3 Å². The zero-order chi connectivity index (χ0) is 27.2. The molecule has 2 aromatic heterocycles. The van der Waals surface area contributed by atoms with Gasteiger partial charge in [-0.15, -0.1) is 0 Å². The third kappa shape index (κ3) is 5.01. The normalized spacial score (nSPS) is 17.5. The number of rotatable bonds is 6. The van der Waals surface area contributed by atoms with Crippen LogP contribution in [0, 0.1) is 20.8 Å². The maximum Gasteiger partial charge on any atom is 0.229 e. The number of hydrogen-bond donors (Lipinski definition) is 2. The van der Waals surface area contributed by atoms with Gasteiger partial charge in [-0.2, -0.15) is 0 Å². The molecule has 0 saturated carbocycles. The molecule has 1 aliphatic heterocycles. The fraction of sp³-hybridized carbons (Fsp3) is 0.214. The van der Waals surface area contributed by atoms with Crippen molar-refractivity contribution in [3.05, 3.63) is 106 Å². The van der Waals surface area contributed by atoms with Gasteiger partial charge in [0, 0.05) is 34.0 Å². The summed E-state index contributed by atoms with van der Waals surface area (Å²) in [6, 6.07) is 21.1. The minimum absolute atomic E-state index is 0.197. The van der Waals surface area contributed by atoms with Gasteiger partial charge in [0.25, 0.3) is 0 Å². The highest BCUT2D eigenvalue weighted by Crippen LogP contribution is 2.44. The standard InChI is InChI=1S/C28H28ClN5O2S2/c1-17-15-22(12-13-24(17)32-38(4,35)36)34-27(26(31-28(34)37)25-7-5-6-14-30-25)23-16-18(2)33(19(23)3)21-10-8-20(29)9-11-21/h5-16,26-27,32H,1-4H3,(H,31,37)/t26-,27-/m0/s1. The van der Waals surface area contributed by atoms with Gasteiger partial charge in [0.1, 0.15) is 0 Å². The molecular weight excluding hydrogens is 538 g/mol. The Morgan fingerprint density at radius 1 is 1.00 bits per heavy atom. The second kappa shape index (κ2) is 10.1. The minimum atomic E-state index is -3.40. The van der Waals surface area contributed by atoms with Gasteiger partial charge in [0.05, 0.1) is 29.7 Å². The van der Waals surface area contributed by atoms with Crippen LogP contribution in [0.25, 0.3) is 5.69 Å². The van der Waals surface area contributed by atoms with Gasteiger partial charge in [-0.05, 0) is 105 Å². The number of anilines is 2. The number of hydrogen-bond acceptors (Lipinski definition) is 4. The predicted octanol–water partition coefficient (Wildman–Crippen LogP) is 6.00. The van der Waals surface area contributed by atoms with Gasteiger partial charge >= 0.3 is 0 Å². The number of thiocarbonyl (C=S) groups is 1. The number of benzene rings is 2. The lowest BCUT2D eigenvalue weighted by Gasteiger charge is -2.29. The van der Waals surface area contributed by atoms with E-state index >= 15 is 0 Å². The SMILES string of the molecule is Cc1cc(N2C(=S)N[C@@H](c3ccccn3)[C@@H]2c2cc(C)n(-c3ccc(Cl)cc3)c2C)ccc1NS(C)(=O)=O. The molecule has 2 aromatic carbocycles. The number of aromatic nitrogens is 2. The molecule has 3 heterocycles. The number of pyridine rings is 1. The van der Waals surface area contributed by atoms with E-state index in [1.165, 1.54) is 0 Å². The Balaban J connectivity index is 1.65. The molecule has 2 N–H and O–H groups in total. The molecule has 0 radical (unpaired) electrons. The van der Waals surface area contributed by atoms with Crippen LogP contribution in [-0.2, 0) is 10.0 Å². The monoisotopic (exact) mass is 565 g/mol. The van der Waals surface area contributed by atoms with Crippen molar-refractivity contribution in [3.63, 3.8) is 0 Å². The van der Waals surface area contributed by atoms with Crippen LogP contribution in [-0.4, -0.2) is 29.3 Å². The summed E-state index contributed by atoms with van der Waals surface area (Å²) in [6.45, 7) is 6.07. The highest BCUT2D eigenvalue weighted by molar-refractivity contribution is 7.92. The number of halogens is 1. The molecule has 0 spiro atoms. The van der Waals surface area contributed by atoms with Crippen molar-refractivity contribution in [2.75, 3.05) is 15.9 Å². The maximum absolute atomic E-state index is 11.8. The van der Waals surface area contributed by atoms with Crippen LogP contribution in [0.5, 0.6) is 0 Å². The molecular formula is C28H28ClN5O2S2. The average Bonchev–Trinajstić information content (AvgIpc) is 3.36. The van der Waals surface area contributed by atoms with E-state index in [2.05, 4.69) is 44.4 Å². The predicted molar refractivity (Wildman–Crippen MR) is 158 cm³/mol. The Morgan fingerprint density at radius 2 is 1.71 bits per heavy atom. The van der Waals surface area contributed by atoms with Crippen LogP contribution in [0.15, 0.2) is 72.9 Å². The summed E-state index contributed by atoms with van der Waals surface area (Å²) in [5, 5.41) is 4.76. The maximum atomic E-state index is 11.8. The second-order valence-corrected chi connectivity index (χ2v) is 12.1. The molecule has 1 fully saturated rings. The summed E-state index contributed by atoms with van der Waals surface area (Å²) in [4.78, 5) is 6.75. The third-order valence-corrected chi connectivity index (χ3v) is 7.91. The fourth-order valence-corrected chi connectivity index (χ4v) is 6.24. The van der Waals surface area contributed by atoms with E-state index in [-0.39, 0.29) is 12.1 Å². The second-order valence-electron chi connectivity index (χ2n) is 9.51. The molecule has 7 nitrogen and oxygen atoms in total. The summed E-state index contributed by atoms with van der Waals surface area (Å²) in [5.74, 6) is 0. The summed E-state index contributed by atoms with van der Waals surface area (Å²) in [6.07, 6.45) is 2.93. The Kier molecular flexibility index (Phi) is 6.94. The lowest BCUT2D eigenvalue weighted by Crippen LogP contribution is -2.29. The van der Waals surface area contributed by atoms with Crippen molar-refractivity contribution in [1.82, 2.24) is 14.9 Å². The number of nitrogens with zero attached hydrogens (tertiary/aromatic N) is 3. The summed E-state index contributed by atoms with van der Waals surface area (Å²) < 4.78 is 28.4. The van der Waals surface area contributed by atoms with Gasteiger partial charge in [-0.3, -0.25) is 9.71 Å². The van der Waals surface area contributed by atoms with Gasteiger partial charge in [0.2, 0.25) is 10.0 Å². The fourth-order valence-electron chi connectivity index (χ4n) is 5.14. The van der Waals surface area contributed by atoms with Gasteiger partial charge in [0.15, 0.2) is 5.11 Å². The lowest BCUT2D eigenvalue weighted by molar-refractivity contribution is 0.565. The van der Waals surface area contributed by atoms with Gasteiger partial charge in [-0.25, -0.2) is 8.42 Å². The smallest absolute Gasteiger partial charge is 0.229 e. The molecule has 5 rings (SSSR count). The number of nitrogens with one attached hydrogen (secondary N) is 2. The molecule has 0 bridgehead atoms. The molecule has 0 unspecified atom stereocenters. The Labute approximate surface area is 233 Å². The van der Waals surface area contributed by atoms with E-state index in [1.807, 2.05) is 61.5 Å². The third-order valence-electron chi connectivity index (χ3n) is 6.76. The Bertz CT molecular complexity index is 1620. The first-order chi connectivity index (χ1) is 18.0. The average molecular weight is 566 g/mol. The first-order valence-electron chi connectivity index (χ1n) is 12.1. The van der Waals surface area contributed by atoms with E-state index < -0.39 is 10.0 Å². The highest BCUT2D eigenvalue weighted by atomic mass is 35.5. The van der Waals surface area contributed by atoms with E-state index in [9.17, 15) is 8.42 Å². The van der Waals surface area contributed by atoms with E-state index in [4.69, 9.17) is 23.8 Å². The zero-order valence-electron chi connectivity index (χ0n) is 21.4. The van der Waals surface area contributed by atoms with Crippen molar-refractivity contribution in [2.24, 2.45) is 0 Å². The summed E-state index contributed by atoms with van der Waals surface area (Å²) in [7, 11) is -3.40. The molecule has 0 amide bonds. The molecule has 1 saturated heterocycles. The van der Waals surface area contributed by atoms with E-state index in [0.29, 0.717) is 15.8 Å².